The number of para-hydroxylation sites is 1. The molecule has 1 amide bonds. The van der Waals surface area contributed by atoms with Crippen molar-refractivity contribution in [1.82, 2.24) is 4.98 Å². The fraction of sp³-hybridized carbons (Fsp3) is 0.200. The number of hydrogen-bond donors (Lipinski definition) is 1. The molecule has 0 aliphatic carbocycles. The Morgan fingerprint density at radius 1 is 1.00 bits per heavy atom. The summed E-state index contributed by atoms with van der Waals surface area (Å²) in [6, 6.07) is 20.4. The van der Waals surface area contributed by atoms with E-state index in [-0.39, 0.29) is 5.91 Å². The molecular weight excluding hydrogens is 392 g/mol. The molecule has 6 heteroatoms. The zero-order valence-electron chi connectivity index (χ0n) is 17.9. The molecular formula is C25H24N2O4. The highest BCUT2D eigenvalue weighted by Crippen LogP contribution is 2.30. The molecule has 6 nitrogen and oxygen atoms in total. The highest BCUT2D eigenvalue weighted by molar-refractivity contribution is 5.98. The molecule has 4 rings (SSSR count). The smallest absolute Gasteiger partial charge is 0.267 e. The molecule has 158 valence electrons. The number of amides is 1. The monoisotopic (exact) mass is 416 g/mol. The summed E-state index contributed by atoms with van der Waals surface area (Å²) in [6.45, 7) is 5.41. The average Bonchev–Trinajstić information content (AvgIpc) is 3.18. The van der Waals surface area contributed by atoms with Crippen LogP contribution in [0.25, 0.3) is 22.6 Å². The predicted octanol–water partition coefficient (Wildman–Crippen LogP) is 5.61. The van der Waals surface area contributed by atoms with E-state index in [9.17, 15) is 4.79 Å². The van der Waals surface area contributed by atoms with E-state index >= 15 is 0 Å². The SMILES string of the molecule is COc1ccc2oc(-c3ccc(C)c(NC(=O)C(C)(C)Oc4ccccc4)c3)nc2c1. The van der Waals surface area contributed by atoms with Crippen LogP contribution in [0.1, 0.15) is 19.4 Å². The van der Waals surface area contributed by atoms with Gasteiger partial charge < -0.3 is 19.2 Å². The maximum absolute atomic E-state index is 13.0. The normalized spacial score (nSPS) is 11.4. The number of anilines is 1. The van der Waals surface area contributed by atoms with Gasteiger partial charge in [-0.25, -0.2) is 4.98 Å². The number of nitrogens with zero attached hydrogens (tertiary/aromatic N) is 1. The quantitative estimate of drug-likeness (QED) is 0.442. The van der Waals surface area contributed by atoms with Crippen molar-refractivity contribution >= 4 is 22.7 Å². The van der Waals surface area contributed by atoms with Crippen molar-refractivity contribution in [2.75, 3.05) is 12.4 Å². The van der Waals surface area contributed by atoms with Gasteiger partial charge in [0.25, 0.3) is 5.91 Å². The molecule has 0 saturated heterocycles. The van der Waals surface area contributed by atoms with Crippen LogP contribution in [0.5, 0.6) is 11.5 Å². The molecule has 0 bridgehead atoms. The molecule has 1 aromatic heterocycles. The Balaban J connectivity index is 1.58. The Kier molecular flexibility index (Phi) is 5.38. The summed E-state index contributed by atoms with van der Waals surface area (Å²) in [7, 11) is 1.61. The number of nitrogens with one attached hydrogen (secondary N) is 1. The van der Waals surface area contributed by atoms with Gasteiger partial charge in [0.2, 0.25) is 5.89 Å². The first-order valence-electron chi connectivity index (χ1n) is 9.97. The van der Waals surface area contributed by atoms with Crippen molar-refractivity contribution in [3.8, 4) is 23.0 Å². The minimum atomic E-state index is -1.06. The van der Waals surface area contributed by atoms with E-state index in [1.54, 1.807) is 21.0 Å². The number of fused-ring (bicyclic) bond motifs is 1. The number of methoxy groups -OCH3 is 1. The van der Waals surface area contributed by atoms with Crippen LogP contribution in [0.2, 0.25) is 0 Å². The Hall–Kier alpha value is -3.80. The fourth-order valence-electron chi connectivity index (χ4n) is 3.15. The molecule has 0 aliphatic heterocycles. The van der Waals surface area contributed by atoms with Crippen LogP contribution in [0.3, 0.4) is 0 Å². The van der Waals surface area contributed by atoms with Gasteiger partial charge in [-0.05, 0) is 62.7 Å². The molecule has 4 aromatic rings. The zero-order chi connectivity index (χ0) is 22.0. The van der Waals surface area contributed by atoms with E-state index in [4.69, 9.17) is 13.9 Å². The molecule has 0 fully saturated rings. The largest absolute Gasteiger partial charge is 0.497 e. The fourth-order valence-corrected chi connectivity index (χ4v) is 3.15. The molecule has 3 aromatic carbocycles. The summed E-state index contributed by atoms with van der Waals surface area (Å²) in [4.78, 5) is 17.5. The van der Waals surface area contributed by atoms with E-state index in [2.05, 4.69) is 10.3 Å². The standard InChI is InChI=1S/C25H24N2O4/c1-16-10-11-17(23-26-21-15-19(29-4)12-13-22(21)30-23)14-20(16)27-24(28)25(2,3)31-18-8-6-5-7-9-18/h5-15H,1-4H3,(H,27,28). The molecule has 0 aliphatic rings. The molecule has 0 saturated carbocycles. The molecule has 0 radical (unpaired) electrons. The number of carbonyl (C=O) groups excluding carboxylic acids is 1. The number of hydrogen-bond acceptors (Lipinski definition) is 5. The molecule has 1 N–H and O–H groups in total. The maximum atomic E-state index is 13.0. The van der Waals surface area contributed by atoms with Crippen molar-refractivity contribution in [1.29, 1.82) is 0 Å². The van der Waals surface area contributed by atoms with Gasteiger partial charge in [0.15, 0.2) is 11.2 Å². The van der Waals surface area contributed by atoms with Crippen molar-refractivity contribution in [3.63, 3.8) is 0 Å². The molecule has 1 heterocycles. The molecule has 0 atom stereocenters. The van der Waals surface area contributed by atoms with E-state index in [1.807, 2.05) is 73.7 Å². The topological polar surface area (TPSA) is 73.6 Å². The van der Waals surface area contributed by atoms with Crippen LogP contribution in [0.4, 0.5) is 5.69 Å². The van der Waals surface area contributed by atoms with Gasteiger partial charge in [-0.3, -0.25) is 4.79 Å². The molecule has 31 heavy (non-hydrogen) atoms. The Morgan fingerprint density at radius 3 is 2.52 bits per heavy atom. The minimum absolute atomic E-state index is 0.251. The first kappa shape index (κ1) is 20.5. The third-order valence-corrected chi connectivity index (χ3v) is 4.99. The predicted molar refractivity (Wildman–Crippen MR) is 121 cm³/mol. The second kappa shape index (κ2) is 8.14. The lowest BCUT2D eigenvalue weighted by molar-refractivity contribution is -0.128. The van der Waals surface area contributed by atoms with Crippen LogP contribution in [-0.4, -0.2) is 23.6 Å². The number of benzene rings is 3. The van der Waals surface area contributed by atoms with Crippen molar-refractivity contribution in [3.05, 3.63) is 72.3 Å². The second-order valence-corrected chi connectivity index (χ2v) is 7.76. The van der Waals surface area contributed by atoms with Gasteiger partial charge in [0.1, 0.15) is 17.0 Å². The number of aromatic nitrogens is 1. The van der Waals surface area contributed by atoms with Gasteiger partial charge in [0, 0.05) is 17.3 Å². The molecule has 0 spiro atoms. The first-order valence-corrected chi connectivity index (χ1v) is 9.97. The average molecular weight is 416 g/mol. The zero-order valence-corrected chi connectivity index (χ0v) is 17.9. The number of ether oxygens (including phenoxy) is 2. The number of aryl methyl sites for hydroxylation is 1. The van der Waals surface area contributed by atoms with E-state index in [1.165, 1.54) is 0 Å². The van der Waals surface area contributed by atoms with Crippen LogP contribution < -0.4 is 14.8 Å². The van der Waals surface area contributed by atoms with Gasteiger partial charge in [0.05, 0.1) is 7.11 Å². The van der Waals surface area contributed by atoms with E-state index in [0.29, 0.717) is 34.2 Å². The van der Waals surface area contributed by atoms with Crippen molar-refractivity contribution in [2.45, 2.75) is 26.4 Å². The summed E-state index contributed by atoms with van der Waals surface area (Å²) < 4.78 is 17.0. The summed E-state index contributed by atoms with van der Waals surface area (Å²) in [6.07, 6.45) is 0. The third kappa shape index (κ3) is 4.38. The van der Waals surface area contributed by atoms with Crippen molar-refractivity contribution < 1.29 is 18.7 Å². The second-order valence-electron chi connectivity index (χ2n) is 7.76. The van der Waals surface area contributed by atoms with Crippen LogP contribution in [-0.2, 0) is 4.79 Å². The highest BCUT2D eigenvalue weighted by Gasteiger charge is 2.30. The summed E-state index contributed by atoms with van der Waals surface area (Å²) in [5, 5.41) is 2.98. The first-order chi connectivity index (χ1) is 14.9. The Labute approximate surface area is 180 Å². The highest BCUT2D eigenvalue weighted by atomic mass is 16.5. The lowest BCUT2D eigenvalue weighted by atomic mass is 10.1. The summed E-state index contributed by atoms with van der Waals surface area (Å²) in [5.74, 6) is 1.57. The van der Waals surface area contributed by atoms with Crippen molar-refractivity contribution in [2.24, 2.45) is 0 Å². The van der Waals surface area contributed by atoms with Gasteiger partial charge >= 0.3 is 0 Å². The minimum Gasteiger partial charge on any atom is -0.497 e. The van der Waals surface area contributed by atoms with E-state index < -0.39 is 5.60 Å². The van der Waals surface area contributed by atoms with Gasteiger partial charge in [-0.2, -0.15) is 0 Å². The summed E-state index contributed by atoms with van der Waals surface area (Å²) >= 11 is 0. The van der Waals surface area contributed by atoms with Gasteiger partial charge in [-0.1, -0.05) is 24.3 Å². The maximum Gasteiger partial charge on any atom is 0.267 e. The number of oxazole rings is 1. The third-order valence-electron chi connectivity index (χ3n) is 4.99. The molecule has 0 unspecified atom stereocenters. The van der Waals surface area contributed by atoms with E-state index in [0.717, 1.165) is 11.1 Å². The van der Waals surface area contributed by atoms with Crippen LogP contribution in [0.15, 0.2) is 71.1 Å². The Morgan fingerprint density at radius 2 is 1.77 bits per heavy atom. The summed E-state index contributed by atoms with van der Waals surface area (Å²) in [5.41, 5.74) is 2.67. The lowest BCUT2D eigenvalue weighted by Crippen LogP contribution is -2.42. The van der Waals surface area contributed by atoms with Gasteiger partial charge in [-0.15, -0.1) is 0 Å². The lowest BCUT2D eigenvalue weighted by Gasteiger charge is -2.25. The van der Waals surface area contributed by atoms with Crippen LogP contribution in [0, 0.1) is 6.92 Å². The number of rotatable bonds is 6. The number of carbonyl (C=O) groups is 1. The van der Waals surface area contributed by atoms with Crippen LogP contribution >= 0.6 is 0 Å². The Bertz CT molecular complexity index is 1230.